The molecule has 0 spiro atoms. The third-order valence-corrected chi connectivity index (χ3v) is 7.22. The van der Waals surface area contributed by atoms with Gasteiger partial charge in [0.15, 0.2) is 0 Å². The maximum absolute atomic E-state index is 12.5. The molecule has 1 aromatic carbocycles. The fourth-order valence-corrected chi connectivity index (χ4v) is 5.06. The van der Waals surface area contributed by atoms with Crippen LogP contribution in [0.2, 0.25) is 0 Å². The van der Waals surface area contributed by atoms with E-state index in [2.05, 4.69) is 30.5 Å². The third kappa shape index (κ3) is 3.53. The van der Waals surface area contributed by atoms with Crippen LogP contribution >= 0.6 is 11.3 Å². The molecule has 1 aliphatic heterocycles. The molecule has 2 atom stereocenters. The zero-order valence-electron chi connectivity index (χ0n) is 15.7. The number of hydrogen-bond acceptors (Lipinski definition) is 3. The van der Waals surface area contributed by atoms with Gasteiger partial charge in [0.1, 0.15) is 0 Å². The van der Waals surface area contributed by atoms with Crippen molar-refractivity contribution in [2.45, 2.75) is 32.6 Å². The highest BCUT2D eigenvalue weighted by Crippen LogP contribution is 2.42. The van der Waals surface area contributed by atoms with Crippen LogP contribution in [0.25, 0.3) is 10.4 Å². The summed E-state index contributed by atoms with van der Waals surface area (Å²) < 4.78 is 0. The number of benzene rings is 1. The number of primary amides is 1. The van der Waals surface area contributed by atoms with Crippen LogP contribution in [0.1, 0.15) is 31.7 Å². The number of nitrogens with zero attached hydrogens (tertiary/aromatic N) is 1. The van der Waals surface area contributed by atoms with Gasteiger partial charge >= 0.3 is 0 Å². The van der Waals surface area contributed by atoms with E-state index in [1.165, 1.54) is 10.4 Å². The van der Waals surface area contributed by atoms with Crippen LogP contribution in [0.3, 0.4) is 0 Å². The summed E-state index contributed by atoms with van der Waals surface area (Å²) in [5.74, 6) is 0.735. The number of amides is 2. The fourth-order valence-electron chi connectivity index (χ4n) is 4.28. The lowest BCUT2D eigenvalue weighted by molar-refractivity contribution is -0.140. The minimum Gasteiger partial charge on any atom is -0.369 e. The lowest BCUT2D eigenvalue weighted by Gasteiger charge is -2.40. The van der Waals surface area contributed by atoms with E-state index in [0.29, 0.717) is 38.3 Å². The van der Waals surface area contributed by atoms with E-state index >= 15 is 0 Å². The summed E-state index contributed by atoms with van der Waals surface area (Å²) in [4.78, 5) is 28.2. The molecule has 2 aliphatic rings. The van der Waals surface area contributed by atoms with Gasteiger partial charge in [-0.25, -0.2) is 0 Å². The van der Waals surface area contributed by atoms with Gasteiger partial charge in [-0.05, 0) is 54.2 Å². The van der Waals surface area contributed by atoms with Gasteiger partial charge in [0.2, 0.25) is 11.8 Å². The number of thiophene rings is 1. The van der Waals surface area contributed by atoms with Crippen LogP contribution in [0.5, 0.6) is 0 Å². The number of nitrogens with two attached hydrogens (primary N) is 1. The Labute approximate surface area is 164 Å². The first-order valence-corrected chi connectivity index (χ1v) is 10.6. The quantitative estimate of drug-likeness (QED) is 0.857. The largest absolute Gasteiger partial charge is 0.369 e. The summed E-state index contributed by atoms with van der Waals surface area (Å²) in [7, 11) is 0. The molecule has 0 unspecified atom stereocenters. The van der Waals surface area contributed by atoms with Crippen molar-refractivity contribution in [1.29, 1.82) is 0 Å². The normalized spacial score (nSPS) is 23.8. The molecule has 2 amide bonds. The Morgan fingerprint density at radius 3 is 2.48 bits per heavy atom. The molecule has 2 heterocycles. The summed E-state index contributed by atoms with van der Waals surface area (Å²) in [5.41, 5.74) is 7.67. The van der Waals surface area contributed by atoms with Crippen LogP contribution in [-0.4, -0.2) is 29.8 Å². The van der Waals surface area contributed by atoms with Gasteiger partial charge < -0.3 is 10.6 Å². The number of rotatable bonds is 5. The number of carbonyl (C=O) groups is 2. The third-order valence-electron chi connectivity index (χ3n) is 6.31. The van der Waals surface area contributed by atoms with E-state index in [4.69, 9.17) is 5.73 Å². The van der Waals surface area contributed by atoms with Gasteiger partial charge in [0, 0.05) is 23.9 Å². The van der Waals surface area contributed by atoms with Gasteiger partial charge in [-0.1, -0.05) is 37.3 Å². The Balaban J connectivity index is 1.53. The molecule has 2 N–H and O–H groups in total. The summed E-state index contributed by atoms with van der Waals surface area (Å²) in [6, 6.07) is 12.4. The topological polar surface area (TPSA) is 63.4 Å². The van der Waals surface area contributed by atoms with Crippen molar-refractivity contribution >= 4 is 23.2 Å². The molecule has 2 aromatic rings. The van der Waals surface area contributed by atoms with Gasteiger partial charge in [0.05, 0.1) is 5.41 Å². The highest BCUT2D eigenvalue weighted by atomic mass is 32.1. The first kappa shape index (κ1) is 18.2. The Kier molecular flexibility index (Phi) is 4.81. The number of hydrogen-bond donors (Lipinski definition) is 1. The first-order valence-electron chi connectivity index (χ1n) is 9.71. The molecule has 1 saturated carbocycles. The highest BCUT2D eigenvalue weighted by Gasteiger charge is 2.46. The predicted octanol–water partition coefficient (Wildman–Crippen LogP) is 3.71. The summed E-state index contributed by atoms with van der Waals surface area (Å²) in [5, 5.41) is 2.07. The zero-order valence-corrected chi connectivity index (χ0v) is 16.5. The first-order chi connectivity index (χ1) is 13.0. The smallest absolute Gasteiger partial charge is 0.225 e. The SMILES string of the molecule is C[C@@H]1C[C@H]1C(=O)N1CCC(Cc2ccccc2-c2cccs2)(C(N)=O)CC1. The van der Waals surface area contributed by atoms with E-state index in [1.54, 1.807) is 11.3 Å². The van der Waals surface area contributed by atoms with Crippen LogP contribution < -0.4 is 5.73 Å². The zero-order chi connectivity index (χ0) is 19.0. The number of carbonyl (C=O) groups excluding carboxylic acids is 2. The van der Waals surface area contributed by atoms with Crippen molar-refractivity contribution in [2.75, 3.05) is 13.1 Å². The Morgan fingerprint density at radius 2 is 1.89 bits per heavy atom. The standard InChI is InChI=1S/C22H26N2O2S/c1-15-13-18(15)20(25)24-10-8-22(9-11-24,21(23)26)14-16-5-2-3-6-17(16)19-7-4-12-27-19/h2-7,12,15,18H,8-11,13-14H2,1H3,(H2,23,26)/t15-,18-/m1/s1. The van der Waals surface area contributed by atoms with Crippen molar-refractivity contribution in [3.8, 4) is 10.4 Å². The van der Waals surface area contributed by atoms with Gasteiger partial charge in [-0.15, -0.1) is 11.3 Å². The summed E-state index contributed by atoms with van der Waals surface area (Å²) >= 11 is 1.71. The molecule has 142 valence electrons. The summed E-state index contributed by atoms with van der Waals surface area (Å²) in [6.45, 7) is 3.39. The van der Waals surface area contributed by atoms with Crippen molar-refractivity contribution in [3.05, 3.63) is 47.3 Å². The number of likely N-dealkylation sites (tertiary alicyclic amines) is 1. The van der Waals surface area contributed by atoms with Crippen molar-refractivity contribution in [3.63, 3.8) is 0 Å². The van der Waals surface area contributed by atoms with E-state index in [1.807, 2.05) is 23.1 Å². The molecular weight excluding hydrogens is 356 g/mol. The van der Waals surface area contributed by atoms with E-state index in [-0.39, 0.29) is 17.7 Å². The molecule has 0 radical (unpaired) electrons. The Morgan fingerprint density at radius 1 is 1.19 bits per heavy atom. The lowest BCUT2D eigenvalue weighted by Crippen LogP contribution is -2.50. The molecule has 1 aromatic heterocycles. The minimum absolute atomic E-state index is 0.200. The Hall–Kier alpha value is -2.14. The van der Waals surface area contributed by atoms with Gasteiger partial charge in [-0.2, -0.15) is 0 Å². The van der Waals surface area contributed by atoms with Crippen molar-refractivity contribution < 1.29 is 9.59 Å². The van der Waals surface area contributed by atoms with Crippen LogP contribution in [0.4, 0.5) is 0 Å². The van der Waals surface area contributed by atoms with Crippen LogP contribution in [0, 0.1) is 17.3 Å². The minimum atomic E-state index is -0.570. The molecular formula is C22H26N2O2S. The number of piperidine rings is 1. The van der Waals surface area contributed by atoms with E-state index in [0.717, 1.165) is 12.0 Å². The molecule has 1 aliphatic carbocycles. The lowest BCUT2D eigenvalue weighted by atomic mass is 9.72. The molecule has 4 rings (SSSR count). The second-order valence-corrected chi connectivity index (χ2v) is 9.05. The highest BCUT2D eigenvalue weighted by molar-refractivity contribution is 7.13. The maximum atomic E-state index is 12.5. The van der Waals surface area contributed by atoms with Crippen LogP contribution in [0.15, 0.2) is 41.8 Å². The average Bonchev–Trinajstić information content (AvgIpc) is 3.17. The second kappa shape index (κ2) is 7.12. The van der Waals surface area contributed by atoms with Crippen LogP contribution in [-0.2, 0) is 16.0 Å². The second-order valence-electron chi connectivity index (χ2n) is 8.10. The van der Waals surface area contributed by atoms with Crippen molar-refractivity contribution in [2.24, 2.45) is 23.0 Å². The molecule has 5 heteroatoms. The predicted molar refractivity (Wildman–Crippen MR) is 108 cm³/mol. The Bertz CT molecular complexity index is 838. The van der Waals surface area contributed by atoms with E-state index < -0.39 is 5.41 Å². The average molecular weight is 383 g/mol. The molecule has 27 heavy (non-hydrogen) atoms. The molecule has 0 bridgehead atoms. The fraction of sp³-hybridized carbons (Fsp3) is 0.455. The van der Waals surface area contributed by atoms with Gasteiger partial charge in [0.25, 0.3) is 0 Å². The van der Waals surface area contributed by atoms with Crippen molar-refractivity contribution in [1.82, 2.24) is 4.90 Å². The molecule has 2 fully saturated rings. The molecule has 1 saturated heterocycles. The summed E-state index contributed by atoms with van der Waals surface area (Å²) in [6.07, 6.45) is 2.94. The maximum Gasteiger partial charge on any atom is 0.225 e. The van der Waals surface area contributed by atoms with Gasteiger partial charge in [-0.3, -0.25) is 9.59 Å². The molecule has 4 nitrogen and oxygen atoms in total. The monoisotopic (exact) mass is 382 g/mol. The van der Waals surface area contributed by atoms with E-state index in [9.17, 15) is 9.59 Å².